The van der Waals surface area contributed by atoms with Crippen molar-refractivity contribution in [2.45, 2.75) is 13.0 Å². The van der Waals surface area contributed by atoms with Crippen molar-refractivity contribution >= 4 is 45.3 Å². The molecule has 0 radical (unpaired) electrons. The van der Waals surface area contributed by atoms with E-state index in [-0.39, 0.29) is 6.04 Å². The molecule has 0 bridgehead atoms. The molecule has 0 fully saturated rings. The Morgan fingerprint density at radius 2 is 2.27 bits per heavy atom. The zero-order valence-corrected chi connectivity index (χ0v) is 11.9. The zero-order chi connectivity index (χ0) is 10.8. The second-order valence-corrected chi connectivity index (χ2v) is 7.36. The van der Waals surface area contributed by atoms with E-state index in [4.69, 9.17) is 5.84 Å². The first kappa shape index (κ1) is 11.5. The Labute approximate surface area is 111 Å². The van der Waals surface area contributed by atoms with Crippen molar-refractivity contribution in [3.05, 3.63) is 41.8 Å². The monoisotopic (exact) mass is 350 g/mol. The van der Waals surface area contributed by atoms with Gasteiger partial charge in [-0.15, -0.1) is 22.7 Å². The minimum atomic E-state index is 0.128. The van der Waals surface area contributed by atoms with E-state index >= 15 is 0 Å². The van der Waals surface area contributed by atoms with Crippen molar-refractivity contribution in [3.63, 3.8) is 0 Å². The van der Waals surface area contributed by atoms with Crippen LogP contribution in [0.3, 0.4) is 0 Å². The van der Waals surface area contributed by atoms with E-state index in [0.29, 0.717) is 0 Å². The molecule has 1 unspecified atom stereocenters. The Bertz CT molecular complexity index is 409. The lowest BCUT2D eigenvalue weighted by Gasteiger charge is -2.12. The van der Waals surface area contributed by atoms with Crippen LogP contribution in [0.2, 0.25) is 0 Å². The van der Waals surface area contributed by atoms with Gasteiger partial charge in [0.1, 0.15) is 0 Å². The van der Waals surface area contributed by atoms with Crippen molar-refractivity contribution in [1.29, 1.82) is 0 Å². The molecule has 5 heteroatoms. The minimum absolute atomic E-state index is 0.128. The van der Waals surface area contributed by atoms with Gasteiger partial charge in [0, 0.05) is 9.75 Å². The molecule has 0 saturated heterocycles. The van der Waals surface area contributed by atoms with Crippen molar-refractivity contribution in [2.24, 2.45) is 5.84 Å². The van der Waals surface area contributed by atoms with Gasteiger partial charge in [0.2, 0.25) is 0 Å². The summed E-state index contributed by atoms with van der Waals surface area (Å²) in [5, 5.41) is 2.15. The molecule has 2 aromatic heterocycles. The number of rotatable bonds is 3. The molecular formula is C10H11IN2S2. The molecule has 2 aromatic rings. The third kappa shape index (κ3) is 2.59. The average molecular weight is 350 g/mol. The quantitative estimate of drug-likeness (QED) is 0.507. The molecule has 80 valence electrons. The third-order valence-corrected chi connectivity index (χ3v) is 5.01. The van der Waals surface area contributed by atoms with Gasteiger partial charge in [-0.3, -0.25) is 5.84 Å². The molecular weight excluding hydrogens is 339 g/mol. The van der Waals surface area contributed by atoms with Gasteiger partial charge >= 0.3 is 0 Å². The lowest BCUT2D eigenvalue weighted by molar-refractivity contribution is 0.648. The van der Waals surface area contributed by atoms with Gasteiger partial charge in [-0.1, -0.05) is 0 Å². The van der Waals surface area contributed by atoms with Crippen LogP contribution in [-0.2, 0) is 0 Å². The summed E-state index contributed by atoms with van der Waals surface area (Å²) < 4.78 is 1.29. The standard InChI is InChI=1S/C10H11IN2S2/c1-6-2-3-8(15-6)10(13-12)7-4-9(11)14-5-7/h2-5,10,13H,12H2,1H3. The van der Waals surface area contributed by atoms with Gasteiger partial charge in [0.05, 0.1) is 8.93 Å². The second kappa shape index (κ2) is 4.92. The Kier molecular flexibility index (Phi) is 3.78. The highest BCUT2D eigenvalue weighted by Gasteiger charge is 2.15. The van der Waals surface area contributed by atoms with Crippen LogP contribution in [-0.4, -0.2) is 0 Å². The molecule has 1 atom stereocenters. The highest BCUT2D eigenvalue weighted by molar-refractivity contribution is 14.1. The number of halogens is 1. The number of hydrogen-bond donors (Lipinski definition) is 2. The Morgan fingerprint density at radius 1 is 1.47 bits per heavy atom. The largest absolute Gasteiger partial charge is 0.271 e. The number of aryl methyl sites for hydroxylation is 1. The van der Waals surface area contributed by atoms with Gasteiger partial charge in [0.25, 0.3) is 0 Å². The smallest absolute Gasteiger partial charge is 0.0811 e. The van der Waals surface area contributed by atoms with Gasteiger partial charge in [0.15, 0.2) is 0 Å². The summed E-state index contributed by atoms with van der Waals surface area (Å²) in [7, 11) is 0. The molecule has 15 heavy (non-hydrogen) atoms. The van der Waals surface area contributed by atoms with Crippen LogP contribution in [0.5, 0.6) is 0 Å². The number of hydrazine groups is 1. The molecule has 0 aliphatic heterocycles. The summed E-state index contributed by atoms with van der Waals surface area (Å²) in [6, 6.07) is 6.56. The Morgan fingerprint density at radius 3 is 2.73 bits per heavy atom. The van der Waals surface area contributed by atoms with Crippen LogP contribution in [0.4, 0.5) is 0 Å². The van der Waals surface area contributed by atoms with E-state index in [1.165, 1.54) is 18.2 Å². The Balaban J connectivity index is 2.32. The SMILES string of the molecule is Cc1ccc(C(NN)c2csc(I)c2)s1. The molecule has 0 aliphatic rings. The zero-order valence-electron chi connectivity index (χ0n) is 8.16. The molecule has 0 amide bonds. The van der Waals surface area contributed by atoms with Crippen LogP contribution in [0, 0.1) is 9.81 Å². The molecule has 2 heterocycles. The van der Waals surface area contributed by atoms with E-state index in [1.54, 1.807) is 22.7 Å². The fourth-order valence-electron chi connectivity index (χ4n) is 1.43. The molecule has 0 aromatic carbocycles. The topological polar surface area (TPSA) is 38.0 Å². The molecule has 0 saturated carbocycles. The van der Waals surface area contributed by atoms with Crippen LogP contribution in [0.1, 0.15) is 21.4 Å². The van der Waals surface area contributed by atoms with E-state index in [1.807, 2.05) is 0 Å². The third-order valence-electron chi connectivity index (χ3n) is 2.13. The second-order valence-electron chi connectivity index (χ2n) is 3.23. The first-order valence-corrected chi connectivity index (χ1v) is 7.24. The fraction of sp³-hybridized carbons (Fsp3) is 0.200. The molecule has 2 rings (SSSR count). The summed E-state index contributed by atoms with van der Waals surface area (Å²) in [6.45, 7) is 2.11. The first-order chi connectivity index (χ1) is 7.20. The summed E-state index contributed by atoms with van der Waals surface area (Å²) in [6.07, 6.45) is 0. The summed E-state index contributed by atoms with van der Waals surface area (Å²) in [4.78, 5) is 2.58. The van der Waals surface area contributed by atoms with E-state index in [0.717, 1.165) is 0 Å². The van der Waals surface area contributed by atoms with Gasteiger partial charge in [-0.05, 0) is 58.7 Å². The minimum Gasteiger partial charge on any atom is -0.271 e. The highest BCUT2D eigenvalue weighted by Crippen LogP contribution is 2.30. The molecule has 0 aliphatic carbocycles. The van der Waals surface area contributed by atoms with Gasteiger partial charge in [-0.2, -0.15) is 0 Å². The van der Waals surface area contributed by atoms with E-state index < -0.39 is 0 Å². The predicted octanol–water partition coefficient (Wildman–Crippen LogP) is 3.28. The maximum atomic E-state index is 5.61. The highest BCUT2D eigenvalue weighted by atomic mass is 127. The Hall–Kier alpha value is 0.0500. The van der Waals surface area contributed by atoms with E-state index in [9.17, 15) is 0 Å². The molecule has 3 N–H and O–H groups in total. The summed E-state index contributed by atoms with van der Waals surface area (Å²) >= 11 is 5.86. The number of nitrogens with one attached hydrogen (secondary N) is 1. The van der Waals surface area contributed by atoms with Gasteiger partial charge in [-0.25, -0.2) is 5.43 Å². The van der Waals surface area contributed by atoms with Crippen LogP contribution in [0.25, 0.3) is 0 Å². The maximum absolute atomic E-state index is 5.61. The number of nitrogens with two attached hydrogens (primary N) is 1. The normalized spacial score (nSPS) is 13.0. The van der Waals surface area contributed by atoms with Crippen LogP contribution < -0.4 is 11.3 Å². The fourth-order valence-corrected chi connectivity index (χ4v) is 3.79. The summed E-state index contributed by atoms with van der Waals surface area (Å²) in [5.41, 5.74) is 4.12. The predicted molar refractivity (Wildman–Crippen MR) is 75.3 cm³/mol. The maximum Gasteiger partial charge on any atom is 0.0811 e. The van der Waals surface area contributed by atoms with Crippen LogP contribution >= 0.6 is 45.3 Å². The lowest BCUT2D eigenvalue weighted by atomic mass is 10.1. The number of hydrogen-bond acceptors (Lipinski definition) is 4. The van der Waals surface area contributed by atoms with Gasteiger partial charge < -0.3 is 0 Å². The van der Waals surface area contributed by atoms with Crippen molar-refractivity contribution in [3.8, 4) is 0 Å². The van der Waals surface area contributed by atoms with Crippen molar-refractivity contribution in [2.75, 3.05) is 0 Å². The van der Waals surface area contributed by atoms with Crippen molar-refractivity contribution < 1.29 is 0 Å². The molecule has 0 spiro atoms. The van der Waals surface area contributed by atoms with Crippen molar-refractivity contribution in [1.82, 2.24) is 5.43 Å². The molecule has 2 nitrogen and oxygen atoms in total. The lowest BCUT2D eigenvalue weighted by Crippen LogP contribution is -2.27. The van der Waals surface area contributed by atoms with E-state index in [2.05, 4.69) is 58.5 Å². The average Bonchev–Trinajstić information content (AvgIpc) is 2.78. The first-order valence-electron chi connectivity index (χ1n) is 4.47. The summed E-state index contributed by atoms with van der Waals surface area (Å²) in [5.74, 6) is 5.61. The van der Waals surface area contributed by atoms with Crippen LogP contribution in [0.15, 0.2) is 23.6 Å². The number of thiophene rings is 2.